The van der Waals surface area contributed by atoms with Crippen molar-refractivity contribution >= 4 is 11.9 Å². The van der Waals surface area contributed by atoms with Crippen LogP contribution in [0.1, 0.15) is 30.9 Å². The van der Waals surface area contributed by atoms with Gasteiger partial charge in [0.2, 0.25) is 0 Å². The number of nitrogens with zero attached hydrogens (tertiary/aromatic N) is 1. The molecule has 0 aromatic heterocycles. The molecule has 2 heterocycles. The Balaban J connectivity index is 1.26. The van der Waals surface area contributed by atoms with Crippen molar-refractivity contribution in [3.63, 3.8) is 0 Å². The van der Waals surface area contributed by atoms with Gasteiger partial charge >= 0.3 is 6.03 Å². The summed E-state index contributed by atoms with van der Waals surface area (Å²) in [6.45, 7) is 5.10. The van der Waals surface area contributed by atoms with Crippen molar-refractivity contribution in [2.45, 2.75) is 38.5 Å². The molecule has 3 amide bonds. The van der Waals surface area contributed by atoms with Gasteiger partial charge in [0.1, 0.15) is 17.9 Å². The summed E-state index contributed by atoms with van der Waals surface area (Å²) in [5.41, 5.74) is 1.62. The van der Waals surface area contributed by atoms with E-state index >= 15 is 0 Å². The zero-order chi connectivity index (χ0) is 20.3. The summed E-state index contributed by atoms with van der Waals surface area (Å²) in [6.07, 6.45) is 1.78. The van der Waals surface area contributed by atoms with Crippen LogP contribution in [0.4, 0.5) is 4.79 Å². The lowest BCUT2D eigenvalue weighted by Gasteiger charge is -2.38. The second kappa shape index (κ2) is 8.25. The van der Waals surface area contributed by atoms with Crippen molar-refractivity contribution in [2.75, 3.05) is 13.1 Å². The first kappa shape index (κ1) is 19.5. The third-order valence-electron chi connectivity index (χ3n) is 6.05. The molecular weight excluding hydrogens is 366 g/mol. The van der Waals surface area contributed by atoms with E-state index in [1.807, 2.05) is 37.3 Å². The lowest BCUT2D eigenvalue weighted by Crippen LogP contribution is -2.53. The highest BCUT2D eigenvalue weighted by Crippen LogP contribution is 2.31. The van der Waals surface area contributed by atoms with Crippen molar-refractivity contribution in [1.29, 1.82) is 0 Å². The topological polar surface area (TPSA) is 70.7 Å². The van der Waals surface area contributed by atoms with Crippen LogP contribution in [0.2, 0.25) is 0 Å². The summed E-state index contributed by atoms with van der Waals surface area (Å²) in [7, 11) is 0. The van der Waals surface area contributed by atoms with Crippen LogP contribution in [0.5, 0.6) is 5.75 Å². The molecule has 6 heteroatoms. The average Bonchev–Trinajstić information content (AvgIpc) is 3.01. The fourth-order valence-electron chi connectivity index (χ4n) is 4.20. The molecule has 2 N–H and O–H groups in total. The maximum absolute atomic E-state index is 12.1. The van der Waals surface area contributed by atoms with E-state index in [9.17, 15) is 9.59 Å². The Kier molecular flexibility index (Phi) is 5.53. The zero-order valence-corrected chi connectivity index (χ0v) is 16.7. The molecule has 0 saturated carbocycles. The van der Waals surface area contributed by atoms with Crippen LogP contribution in [0.25, 0.3) is 0 Å². The summed E-state index contributed by atoms with van der Waals surface area (Å²) >= 11 is 0. The van der Waals surface area contributed by atoms with Gasteiger partial charge in [-0.15, -0.1) is 0 Å². The number of hydrogen-bond acceptors (Lipinski definition) is 4. The van der Waals surface area contributed by atoms with Crippen LogP contribution in [-0.4, -0.2) is 35.5 Å². The van der Waals surface area contributed by atoms with E-state index in [1.54, 1.807) is 0 Å². The second-order valence-electron chi connectivity index (χ2n) is 8.08. The van der Waals surface area contributed by atoms with E-state index < -0.39 is 5.54 Å². The van der Waals surface area contributed by atoms with Crippen molar-refractivity contribution in [3.8, 4) is 5.75 Å². The highest BCUT2D eigenvalue weighted by molar-refractivity contribution is 6.06. The predicted molar refractivity (Wildman–Crippen MR) is 110 cm³/mol. The summed E-state index contributed by atoms with van der Waals surface area (Å²) in [5.74, 6) is 0.832. The first-order chi connectivity index (χ1) is 14.0. The first-order valence-electron chi connectivity index (χ1n) is 10.1. The van der Waals surface area contributed by atoms with Crippen LogP contribution in [0.15, 0.2) is 54.6 Å². The van der Waals surface area contributed by atoms with Crippen molar-refractivity contribution in [1.82, 2.24) is 15.5 Å². The van der Waals surface area contributed by atoms with E-state index in [1.165, 1.54) is 5.56 Å². The van der Waals surface area contributed by atoms with E-state index in [0.717, 1.165) is 43.8 Å². The van der Waals surface area contributed by atoms with Gasteiger partial charge in [-0.3, -0.25) is 15.0 Å². The number of rotatable bonds is 6. The molecule has 2 aliphatic rings. The van der Waals surface area contributed by atoms with Crippen LogP contribution in [-0.2, 0) is 17.9 Å². The molecule has 152 valence electrons. The molecule has 6 nitrogen and oxygen atoms in total. The minimum Gasteiger partial charge on any atom is -0.489 e. The molecular formula is C23H27N3O3. The van der Waals surface area contributed by atoms with Crippen LogP contribution in [0, 0.1) is 5.92 Å². The summed E-state index contributed by atoms with van der Waals surface area (Å²) in [4.78, 5) is 26.0. The molecule has 2 aliphatic heterocycles. The Hall–Kier alpha value is -2.86. The summed E-state index contributed by atoms with van der Waals surface area (Å²) in [6, 6.07) is 18.0. The molecule has 0 aliphatic carbocycles. The Bertz CT molecular complexity index is 861. The lowest BCUT2D eigenvalue weighted by atomic mass is 9.79. The number of imide groups is 1. The molecule has 2 fully saturated rings. The quantitative estimate of drug-likeness (QED) is 0.740. The average molecular weight is 393 g/mol. The van der Waals surface area contributed by atoms with Gasteiger partial charge in [-0.1, -0.05) is 42.5 Å². The maximum Gasteiger partial charge on any atom is 0.322 e. The van der Waals surface area contributed by atoms with Gasteiger partial charge in [0.25, 0.3) is 5.91 Å². The fraction of sp³-hybridized carbons (Fsp3) is 0.391. The SMILES string of the molecule is CC1(C2CCN(Cc3ccc(OCc4ccccc4)cc3)CC2)NC(=O)NC1=O. The Morgan fingerprint density at radius 3 is 2.31 bits per heavy atom. The van der Waals surface area contributed by atoms with Gasteiger partial charge in [-0.2, -0.15) is 0 Å². The van der Waals surface area contributed by atoms with Gasteiger partial charge in [-0.05, 0) is 62.0 Å². The molecule has 0 radical (unpaired) electrons. The fourth-order valence-corrected chi connectivity index (χ4v) is 4.20. The first-order valence-corrected chi connectivity index (χ1v) is 10.1. The number of amides is 3. The Morgan fingerprint density at radius 1 is 1.00 bits per heavy atom. The third kappa shape index (κ3) is 4.43. The number of likely N-dealkylation sites (tertiary alicyclic amines) is 1. The number of carbonyl (C=O) groups is 2. The molecule has 0 spiro atoms. The van der Waals surface area contributed by atoms with Crippen LogP contribution < -0.4 is 15.4 Å². The number of urea groups is 1. The molecule has 2 aromatic carbocycles. The van der Waals surface area contributed by atoms with E-state index in [0.29, 0.717) is 6.61 Å². The van der Waals surface area contributed by atoms with E-state index in [-0.39, 0.29) is 17.9 Å². The predicted octanol–water partition coefficient (Wildman–Crippen LogP) is 3.08. The van der Waals surface area contributed by atoms with Gasteiger partial charge in [0.15, 0.2) is 0 Å². The summed E-state index contributed by atoms with van der Waals surface area (Å²) < 4.78 is 5.85. The van der Waals surface area contributed by atoms with Crippen molar-refractivity contribution in [3.05, 3.63) is 65.7 Å². The monoisotopic (exact) mass is 393 g/mol. The molecule has 1 unspecified atom stereocenters. The number of hydrogen-bond donors (Lipinski definition) is 2. The second-order valence-corrected chi connectivity index (χ2v) is 8.08. The smallest absolute Gasteiger partial charge is 0.322 e. The number of carbonyl (C=O) groups excluding carboxylic acids is 2. The lowest BCUT2D eigenvalue weighted by molar-refractivity contribution is -0.125. The molecule has 0 bridgehead atoms. The number of benzene rings is 2. The van der Waals surface area contributed by atoms with Gasteiger partial charge in [-0.25, -0.2) is 4.79 Å². The maximum atomic E-state index is 12.1. The molecule has 1 atom stereocenters. The Morgan fingerprint density at radius 2 is 1.69 bits per heavy atom. The molecule has 4 rings (SSSR count). The minimum atomic E-state index is -0.777. The molecule has 2 aromatic rings. The molecule has 2 saturated heterocycles. The highest BCUT2D eigenvalue weighted by atomic mass is 16.5. The standard InChI is InChI=1S/C23H27N3O3/c1-23(21(27)24-22(28)25-23)19-11-13-26(14-12-19)15-17-7-9-20(10-8-17)29-16-18-5-3-2-4-6-18/h2-10,19H,11-16H2,1H3,(H2,24,25,27,28). The zero-order valence-electron chi connectivity index (χ0n) is 16.7. The van der Waals surface area contributed by atoms with E-state index in [4.69, 9.17) is 4.74 Å². The number of nitrogens with one attached hydrogen (secondary N) is 2. The highest BCUT2D eigenvalue weighted by Gasteiger charge is 2.48. The van der Waals surface area contributed by atoms with Crippen molar-refractivity contribution in [2.24, 2.45) is 5.92 Å². The normalized spacial score (nSPS) is 22.9. The third-order valence-corrected chi connectivity index (χ3v) is 6.05. The number of piperidine rings is 1. The summed E-state index contributed by atoms with van der Waals surface area (Å²) in [5, 5.41) is 5.18. The van der Waals surface area contributed by atoms with Crippen molar-refractivity contribution < 1.29 is 14.3 Å². The minimum absolute atomic E-state index is 0.166. The van der Waals surface area contributed by atoms with Gasteiger partial charge < -0.3 is 10.1 Å². The largest absolute Gasteiger partial charge is 0.489 e. The van der Waals surface area contributed by atoms with Crippen LogP contribution >= 0.6 is 0 Å². The Labute approximate surface area is 171 Å². The molecule has 29 heavy (non-hydrogen) atoms. The van der Waals surface area contributed by atoms with Gasteiger partial charge in [0, 0.05) is 6.54 Å². The van der Waals surface area contributed by atoms with Crippen LogP contribution in [0.3, 0.4) is 0 Å². The van der Waals surface area contributed by atoms with Gasteiger partial charge in [0.05, 0.1) is 0 Å². The van der Waals surface area contributed by atoms with E-state index in [2.05, 4.69) is 39.8 Å². The number of ether oxygens (including phenoxy) is 1.